The van der Waals surface area contributed by atoms with Crippen LogP contribution in [0.4, 0.5) is 4.79 Å². The molecule has 0 radical (unpaired) electrons. The molecule has 0 aromatic heterocycles. The molecule has 0 saturated carbocycles. The molecule has 1 aromatic rings. The average Bonchev–Trinajstić information content (AvgIpc) is 3.85. The first-order chi connectivity index (χ1) is 35.2. The number of phenolic OH excluding ortho intramolecular Hbond substituents is 1. The lowest BCUT2D eigenvalue weighted by Crippen LogP contribution is -2.60. The van der Waals surface area contributed by atoms with Crippen molar-refractivity contribution in [3.05, 3.63) is 29.8 Å². The largest absolute Gasteiger partial charge is 0.508 e. The van der Waals surface area contributed by atoms with Crippen LogP contribution in [0.5, 0.6) is 5.75 Å². The fourth-order valence-corrected chi connectivity index (χ4v) is 7.59. The van der Waals surface area contributed by atoms with E-state index in [1.807, 2.05) is 20.8 Å². The number of likely N-dealkylation sites (tertiary alicyclic amines) is 1. The SMILES string of the molecule is CCC(=O)NCCOCCOCCNC(=O)NC(N)=NCCC[C@H](NC(=O)[C@@H](N)CCCN=C(N)N)C(=O)N1CCC[C@H]1C(=O)N[C@@H](Cc1ccc(O)cc1)C(=O)N[C@H](C(=O)N[C@@H](CC(C)C)C(=O)O)[C@@H](C)CC. The van der Waals surface area contributed by atoms with Gasteiger partial charge in [0.1, 0.15) is 36.0 Å². The van der Waals surface area contributed by atoms with E-state index in [2.05, 4.69) is 47.2 Å². The van der Waals surface area contributed by atoms with Crippen molar-refractivity contribution in [1.82, 2.24) is 42.1 Å². The monoisotopic (exact) mass is 1050 g/mol. The van der Waals surface area contributed by atoms with Gasteiger partial charge in [-0.1, -0.05) is 53.2 Å². The van der Waals surface area contributed by atoms with Gasteiger partial charge in [-0.05, 0) is 74.5 Å². The Kier molecular flexibility index (Phi) is 29.6. The second kappa shape index (κ2) is 34.6. The molecular formula is C48H82N14O12. The topological polar surface area (TPSA) is 412 Å². The van der Waals surface area contributed by atoms with Gasteiger partial charge in [-0.2, -0.15) is 0 Å². The molecular weight excluding hydrogens is 965 g/mol. The second-order valence-electron chi connectivity index (χ2n) is 18.4. The summed E-state index contributed by atoms with van der Waals surface area (Å²) < 4.78 is 10.8. The van der Waals surface area contributed by atoms with Gasteiger partial charge in [-0.3, -0.25) is 44.1 Å². The number of nitrogens with one attached hydrogen (secondary N) is 7. The number of phenols is 1. The van der Waals surface area contributed by atoms with Gasteiger partial charge in [-0.25, -0.2) is 9.59 Å². The number of benzene rings is 1. The number of aromatic hydroxyl groups is 1. The zero-order valence-electron chi connectivity index (χ0n) is 43.5. The summed E-state index contributed by atoms with van der Waals surface area (Å²) in [4.78, 5) is 115. The van der Waals surface area contributed by atoms with Crippen molar-refractivity contribution < 1.29 is 58.0 Å². The van der Waals surface area contributed by atoms with Gasteiger partial charge in [0, 0.05) is 45.6 Å². The minimum atomic E-state index is -1.31. The molecule has 416 valence electrons. The molecule has 1 saturated heterocycles. The van der Waals surface area contributed by atoms with Crippen molar-refractivity contribution >= 4 is 59.4 Å². The number of aliphatic carboxylic acids is 1. The maximum Gasteiger partial charge on any atom is 0.326 e. The Morgan fingerprint density at radius 2 is 1.39 bits per heavy atom. The van der Waals surface area contributed by atoms with Gasteiger partial charge in [0.15, 0.2) is 11.9 Å². The Hall–Kier alpha value is -6.80. The highest BCUT2D eigenvalue weighted by Gasteiger charge is 2.40. The molecule has 0 unspecified atom stereocenters. The van der Waals surface area contributed by atoms with Crippen molar-refractivity contribution in [2.24, 2.45) is 44.8 Å². The molecule has 17 N–H and O–H groups in total. The highest BCUT2D eigenvalue weighted by atomic mass is 16.5. The summed E-state index contributed by atoms with van der Waals surface area (Å²) in [6.45, 7) is 10.9. The maximum atomic E-state index is 14.5. The van der Waals surface area contributed by atoms with E-state index in [0.717, 1.165) is 0 Å². The second-order valence-corrected chi connectivity index (χ2v) is 18.4. The molecule has 0 spiro atoms. The van der Waals surface area contributed by atoms with E-state index in [4.69, 9.17) is 32.4 Å². The van der Waals surface area contributed by atoms with Gasteiger partial charge in [0.05, 0.1) is 32.5 Å². The highest BCUT2D eigenvalue weighted by Crippen LogP contribution is 2.21. The number of hydrogen-bond donors (Lipinski definition) is 13. The first kappa shape index (κ1) is 63.3. The first-order valence-corrected chi connectivity index (χ1v) is 25.3. The van der Waals surface area contributed by atoms with Crippen LogP contribution >= 0.6 is 0 Å². The molecule has 1 heterocycles. The molecule has 1 aromatic carbocycles. The van der Waals surface area contributed by atoms with Crippen LogP contribution in [0.3, 0.4) is 0 Å². The number of carbonyl (C=O) groups excluding carboxylic acids is 7. The Labute approximate surface area is 433 Å². The lowest BCUT2D eigenvalue weighted by atomic mass is 9.96. The number of carboxylic acid groups (broad SMARTS) is 1. The van der Waals surface area contributed by atoms with E-state index in [-0.39, 0.29) is 107 Å². The Morgan fingerprint density at radius 1 is 0.770 bits per heavy atom. The summed E-state index contributed by atoms with van der Waals surface area (Å²) in [7, 11) is 0. The minimum Gasteiger partial charge on any atom is -0.508 e. The van der Waals surface area contributed by atoms with Gasteiger partial charge < -0.3 is 79.4 Å². The quantitative estimate of drug-likeness (QED) is 0.0210. The van der Waals surface area contributed by atoms with Crippen molar-refractivity contribution in [3.63, 3.8) is 0 Å². The summed E-state index contributed by atoms with van der Waals surface area (Å²) >= 11 is 0. The van der Waals surface area contributed by atoms with E-state index in [1.165, 1.54) is 17.0 Å². The normalized spacial score (nSPS) is 15.9. The van der Waals surface area contributed by atoms with Gasteiger partial charge in [0.2, 0.25) is 35.4 Å². The van der Waals surface area contributed by atoms with Crippen LogP contribution in [0.25, 0.3) is 0 Å². The zero-order chi connectivity index (χ0) is 55.2. The van der Waals surface area contributed by atoms with E-state index in [9.17, 15) is 48.6 Å². The Bertz CT molecular complexity index is 2020. The number of carboxylic acids is 1. The number of nitrogens with two attached hydrogens (primary N) is 4. The summed E-state index contributed by atoms with van der Waals surface area (Å²) in [6.07, 6.45) is 2.22. The summed E-state index contributed by atoms with van der Waals surface area (Å²) in [5, 5.41) is 38.3. The summed E-state index contributed by atoms with van der Waals surface area (Å²) in [5.41, 5.74) is 23.5. The fraction of sp³-hybridized carbons (Fsp3) is 0.667. The van der Waals surface area contributed by atoms with E-state index < -0.39 is 83.7 Å². The fourth-order valence-electron chi connectivity index (χ4n) is 7.59. The molecule has 2 rings (SSSR count). The van der Waals surface area contributed by atoms with Crippen LogP contribution in [0.15, 0.2) is 34.3 Å². The van der Waals surface area contributed by atoms with Crippen LogP contribution < -0.4 is 60.2 Å². The molecule has 0 bridgehead atoms. The Balaban J connectivity index is 2.22. The maximum absolute atomic E-state index is 14.5. The third kappa shape index (κ3) is 24.8. The van der Waals surface area contributed by atoms with Crippen molar-refractivity contribution in [3.8, 4) is 5.75 Å². The van der Waals surface area contributed by atoms with Gasteiger partial charge in [0.25, 0.3) is 0 Å². The molecule has 1 aliphatic heterocycles. The molecule has 0 aliphatic carbocycles. The molecule has 7 atom stereocenters. The number of rotatable bonds is 34. The molecule has 74 heavy (non-hydrogen) atoms. The lowest BCUT2D eigenvalue weighted by molar-refractivity contribution is -0.143. The molecule has 1 fully saturated rings. The number of urea groups is 1. The molecule has 26 heteroatoms. The number of amides is 8. The lowest BCUT2D eigenvalue weighted by Gasteiger charge is -2.31. The van der Waals surface area contributed by atoms with Crippen LogP contribution in [0.2, 0.25) is 0 Å². The Morgan fingerprint density at radius 3 is 2.00 bits per heavy atom. The van der Waals surface area contributed by atoms with Crippen LogP contribution in [-0.2, 0) is 49.5 Å². The van der Waals surface area contributed by atoms with E-state index in [0.29, 0.717) is 51.0 Å². The van der Waals surface area contributed by atoms with Crippen LogP contribution in [0, 0.1) is 11.8 Å². The molecule has 26 nitrogen and oxygen atoms in total. The first-order valence-electron chi connectivity index (χ1n) is 25.3. The number of nitrogens with zero attached hydrogens (tertiary/aromatic N) is 3. The van der Waals surface area contributed by atoms with E-state index >= 15 is 0 Å². The van der Waals surface area contributed by atoms with Crippen LogP contribution in [-0.4, -0.2) is 170 Å². The minimum absolute atomic E-state index is 0.0123. The summed E-state index contributed by atoms with van der Waals surface area (Å²) in [5.74, 6) is -5.55. The zero-order valence-corrected chi connectivity index (χ0v) is 43.5. The molecule has 1 aliphatic rings. The predicted molar refractivity (Wildman–Crippen MR) is 276 cm³/mol. The third-order valence-corrected chi connectivity index (χ3v) is 11.8. The van der Waals surface area contributed by atoms with Crippen molar-refractivity contribution in [2.45, 2.75) is 135 Å². The third-order valence-electron chi connectivity index (χ3n) is 11.8. The summed E-state index contributed by atoms with van der Waals surface area (Å²) in [6, 6.07) is -1.72. The van der Waals surface area contributed by atoms with E-state index in [1.54, 1.807) is 26.0 Å². The van der Waals surface area contributed by atoms with Gasteiger partial charge >= 0.3 is 12.0 Å². The number of hydrogen-bond acceptors (Lipinski definition) is 14. The average molecular weight is 1050 g/mol. The van der Waals surface area contributed by atoms with Gasteiger partial charge in [-0.15, -0.1) is 0 Å². The smallest absolute Gasteiger partial charge is 0.326 e. The predicted octanol–water partition coefficient (Wildman–Crippen LogP) is -1.62. The number of aliphatic imine (C=N–C) groups is 2. The number of carbonyl (C=O) groups is 8. The van der Waals surface area contributed by atoms with Crippen molar-refractivity contribution in [2.75, 3.05) is 59.2 Å². The number of ether oxygens (including phenoxy) is 2. The standard InChI is InChI=1S/C48H82N14O12/c1-6-30(5)39(43(68)59-36(45(70)71)27-29(3)4)60-41(66)35(28-31-14-16-32(63)17-15-31)58-42(67)37-13-10-22-62(37)44(69)34(57-40(65)33(49)11-8-18-54-46(50)51)12-9-19-55-47(52)61-48(72)56-21-24-74-26-25-73-23-20-53-38(64)7-2/h14-17,29-30,33-37,39,63H,6-13,18-28,49H2,1-5H3,(H,53,64)(H,57,65)(H,58,67)(H,59,68)(H,60,66)(H,70,71)(H4,50,51,54)(H4,52,55,56,61,72)/t30-,33-,34-,35-,36-,37-,39-/m0/s1. The molecule has 8 amide bonds. The van der Waals surface area contributed by atoms with Crippen molar-refractivity contribution in [1.29, 1.82) is 0 Å². The number of guanidine groups is 2. The highest BCUT2D eigenvalue weighted by molar-refractivity contribution is 5.97. The van der Waals surface area contributed by atoms with Crippen LogP contribution in [0.1, 0.15) is 98.0 Å².